The summed E-state index contributed by atoms with van der Waals surface area (Å²) in [5.41, 5.74) is 9.32. The van der Waals surface area contributed by atoms with E-state index in [1.165, 1.54) is 0 Å². The summed E-state index contributed by atoms with van der Waals surface area (Å²) in [5.74, 6) is 0.682. The normalized spacial score (nSPS) is 11.8. The molecule has 0 aliphatic rings. The lowest BCUT2D eigenvalue weighted by molar-refractivity contribution is 0.603. The van der Waals surface area contributed by atoms with Gasteiger partial charge in [-0.3, -0.25) is 5.43 Å². The number of fused-ring (bicyclic) bond motifs is 1. The zero-order valence-electron chi connectivity index (χ0n) is 9.03. The van der Waals surface area contributed by atoms with Gasteiger partial charge in [-0.1, -0.05) is 15.9 Å². The lowest BCUT2D eigenvalue weighted by Crippen LogP contribution is -2.25. The zero-order valence-corrected chi connectivity index (χ0v) is 11.4. The predicted octanol–water partition coefficient (Wildman–Crippen LogP) is 2.75. The average Bonchev–Trinajstić information content (AvgIpc) is 2.68. The van der Waals surface area contributed by atoms with Gasteiger partial charge in [0.15, 0.2) is 10.9 Å². The largest absolute Gasteiger partial charge is 0.455 e. The lowest BCUT2D eigenvalue weighted by Gasteiger charge is -1.97. The average molecular weight is 312 g/mol. The van der Waals surface area contributed by atoms with Crippen molar-refractivity contribution in [3.8, 4) is 0 Å². The SMILES string of the molecule is C/C(=N\NC(N)=S)c1cc2cc(Br)ccc2o1. The number of benzene rings is 1. The fourth-order valence-corrected chi connectivity index (χ4v) is 1.81. The van der Waals surface area contributed by atoms with Crippen molar-refractivity contribution >= 4 is 49.9 Å². The van der Waals surface area contributed by atoms with Gasteiger partial charge in [0.05, 0.1) is 0 Å². The first-order valence-electron chi connectivity index (χ1n) is 4.85. The maximum Gasteiger partial charge on any atom is 0.184 e. The van der Waals surface area contributed by atoms with E-state index in [9.17, 15) is 0 Å². The van der Waals surface area contributed by atoms with E-state index in [2.05, 4.69) is 38.7 Å². The molecule has 0 saturated carbocycles. The molecule has 1 aromatic heterocycles. The molecule has 17 heavy (non-hydrogen) atoms. The van der Waals surface area contributed by atoms with Crippen molar-refractivity contribution in [3.05, 3.63) is 34.5 Å². The van der Waals surface area contributed by atoms with E-state index >= 15 is 0 Å². The summed E-state index contributed by atoms with van der Waals surface area (Å²) in [7, 11) is 0. The van der Waals surface area contributed by atoms with E-state index in [4.69, 9.17) is 10.2 Å². The molecule has 2 aromatic rings. The van der Waals surface area contributed by atoms with E-state index < -0.39 is 0 Å². The highest BCUT2D eigenvalue weighted by Gasteiger charge is 2.06. The predicted molar refractivity (Wildman–Crippen MR) is 76.0 cm³/mol. The second-order valence-corrected chi connectivity index (χ2v) is 4.82. The number of halogens is 1. The number of hydrogen-bond donors (Lipinski definition) is 2. The number of nitrogens with one attached hydrogen (secondary N) is 1. The summed E-state index contributed by atoms with van der Waals surface area (Å²) < 4.78 is 6.65. The third-order valence-electron chi connectivity index (χ3n) is 2.17. The molecule has 0 radical (unpaired) electrons. The second kappa shape index (κ2) is 4.85. The number of nitrogens with two attached hydrogens (primary N) is 1. The van der Waals surface area contributed by atoms with Gasteiger partial charge in [-0.05, 0) is 43.4 Å². The maximum absolute atomic E-state index is 5.64. The Bertz CT molecular complexity index is 606. The van der Waals surface area contributed by atoms with Gasteiger partial charge in [-0.15, -0.1) is 0 Å². The van der Waals surface area contributed by atoms with E-state index in [1.54, 1.807) is 0 Å². The Morgan fingerprint density at radius 1 is 1.47 bits per heavy atom. The van der Waals surface area contributed by atoms with E-state index in [-0.39, 0.29) is 5.11 Å². The van der Waals surface area contributed by atoms with Gasteiger partial charge < -0.3 is 10.2 Å². The molecular weight excluding hydrogens is 302 g/mol. The molecule has 0 atom stereocenters. The highest BCUT2D eigenvalue weighted by Crippen LogP contribution is 2.23. The van der Waals surface area contributed by atoms with Gasteiger partial charge in [-0.2, -0.15) is 5.10 Å². The minimum absolute atomic E-state index is 0.128. The first kappa shape index (κ1) is 12.1. The maximum atomic E-state index is 5.64. The molecule has 0 saturated heterocycles. The monoisotopic (exact) mass is 311 g/mol. The zero-order chi connectivity index (χ0) is 12.4. The van der Waals surface area contributed by atoms with Crippen molar-refractivity contribution in [1.82, 2.24) is 5.43 Å². The number of rotatable bonds is 2. The van der Waals surface area contributed by atoms with Crippen molar-refractivity contribution in [2.75, 3.05) is 0 Å². The molecule has 0 unspecified atom stereocenters. The minimum atomic E-state index is 0.128. The molecule has 0 fully saturated rings. The highest BCUT2D eigenvalue weighted by molar-refractivity contribution is 9.10. The van der Waals surface area contributed by atoms with Gasteiger partial charge >= 0.3 is 0 Å². The van der Waals surface area contributed by atoms with E-state index in [0.29, 0.717) is 11.5 Å². The van der Waals surface area contributed by atoms with Crippen LogP contribution >= 0.6 is 28.1 Å². The molecule has 2 rings (SSSR count). The Morgan fingerprint density at radius 3 is 2.94 bits per heavy atom. The Labute approximate surface area is 112 Å². The van der Waals surface area contributed by atoms with Gasteiger partial charge in [0.25, 0.3) is 0 Å². The van der Waals surface area contributed by atoms with Crippen LogP contribution in [-0.2, 0) is 0 Å². The molecule has 1 heterocycles. The number of hydrogen-bond acceptors (Lipinski definition) is 3. The Hall–Kier alpha value is -1.40. The van der Waals surface area contributed by atoms with Crippen molar-refractivity contribution < 1.29 is 4.42 Å². The molecule has 88 valence electrons. The first-order valence-corrected chi connectivity index (χ1v) is 6.05. The number of nitrogens with zero attached hydrogens (tertiary/aromatic N) is 1. The summed E-state index contributed by atoms with van der Waals surface area (Å²) in [6, 6.07) is 7.73. The van der Waals surface area contributed by atoms with Gasteiger partial charge in [0.1, 0.15) is 11.3 Å². The minimum Gasteiger partial charge on any atom is -0.455 e. The fourth-order valence-electron chi connectivity index (χ4n) is 1.39. The number of furan rings is 1. The molecule has 0 aliphatic heterocycles. The van der Waals surface area contributed by atoms with Crippen LogP contribution in [0.3, 0.4) is 0 Å². The van der Waals surface area contributed by atoms with Crippen molar-refractivity contribution in [2.45, 2.75) is 6.92 Å². The Kier molecular flexibility index (Phi) is 3.44. The number of thiocarbonyl (C=S) groups is 1. The van der Waals surface area contributed by atoms with Crippen molar-refractivity contribution in [3.63, 3.8) is 0 Å². The van der Waals surface area contributed by atoms with Crippen LogP contribution in [0, 0.1) is 0 Å². The Balaban J connectivity index is 2.36. The smallest absolute Gasteiger partial charge is 0.184 e. The summed E-state index contributed by atoms with van der Waals surface area (Å²) in [6.45, 7) is 1.82. The van der Waals surface area contributed by atoms with Crippen LogP contribution in [0.4, 0.5) is 0 Å². The standard InChI is InChI=1S/C11H10BrN3OS/c1-6(14-15-11(13)17)10-5-7-4-8(12)2-3-9(7)16-10/h2-5H,1H3,(H3,13,15,17)/b14-6+. The van der Waals surface area contributed by atoms with Crippen LogP contribution in [-0.4, -0.2) is 10.8 Å². The van der Waals surface area contributed by atoms with Crippen LogP contribution in [0.15, 0.2) is 38.3 Å². The van der Waals surface area contributed by atoms with Crippen molar-refractivity contribution in [2.24, 2.45) is 10.8 Å². The molecule has 0 bridgehead atoms. The van der Waals surface area contributed by atoms with Crippen LogP contribution in [0.5, 0.6) is 0 Å². The third kappa shape index (κ3) is 2.83. The van der Waals surface area contributed by atoms with Crippen LogP contribution in [0.25, 0.3) is 11.0 Å². The molecule has 3 N–H and O–H groups in total. The van der Waals surface area contributed by atoms with Gasteiger partial charge in [-0.25, -0.2) is 0 Å². The molecular formula is C11H10BrN3OS. The molecule has 4 nitrogen and oxygen atoms in total. The summed E-state index contributed by atoms with van der Waals surface area (Å²) in [5, 5.41) is 5.15. The summed E-state index contributed by atoms with van der Waals surface area (Å²) >= 11 is 8.08. The summed E-state index contributed by atoms with van der Waals surface area (Å²) in [4.78, 5) is 0. The molecule has 0 amide bonds. The quantitative estimate of drug-likeness (QED) is 0.508. The van der Waals surface area contributed by atoms with Crippen LogP contribution in [0.1, 0.15) is 12.7 Å². The fraction of sp³-hybridized carbons (Fsp3) is 0.0909. The second-order valence-electron chi connectivity index (χ2n) is 3.47. The van der Waals surface area contributed by atoms with Crippen LogP contribution < -0.4 is 11.2 Å². The molecule has 0 aliphatic carbocycles. The van der Waals surface area contributed by atoms with Crippen molar-refractivity contribution in [1.29, 1.82) is 0 Å². The van der Waals surface area contributed by atoms with E-state index in [0.717, 1.165) is 15.4 Å². The highest BCUT2D eigenvalue weighted by atomic mass is 79.9. The summed E-state index contributed by atoms with van der Waals surface area (Å²) in [6.07, 6.45) is 0. The van der Waals surface area contributed by atoms with E-state index in [1.807, 2.05) is 31.2 Å². The molecule has 1 aromatic carbocycles. The van der Waals surface area contributed by atoms with Gasteiger partial charge in [0.2, 0.25) is 0 Å². The lowest BCUT2D eigenvalue weighted by atomic mass is 10.2. The topological polar surface area (TPSA) is 63.5 Å². The number of hydrazone groups is 1. The molecule has 0 spiro atoms. The molecule has 6 heteroatoms. The first-order chi connectivity index (χ1) is 8.06. The van der Waals surface area contributed by atoms with Crippen LogP contribution in [0.2, 0.25) is 0 Å². The Morgan fingerprint density at radius 2 is 2.24 bits per heavy atom. The van der Waals surface area contributed by atoms with Gasteiger partial charge in [0, 0.05) is 9.86 Å². The third-order valence-corrected chi connectivity index (χ3v) is 2.75.